The number of fused-ring (bicyclic) bond motifs is 1. The number of aromatic nitrogens is 2. The van der Waals surface area contributed by atoms with E-state index >= 15 is 0 Å². The fourth-order valence-corrected chi connectivity index (χ4v) is 3.39. The summed E-state index contributed by atoms with van der Waals surface area (Å²) < 4.78 is 5.68. The summed E-state index contributed by atoms with van der Waals surface area (Å²) >= 11 is 0. The predicted octanol–water partition coefficient (Wildman–Crippen LogP) is 2.30. The number of nitrogens with one attached hydrogen (secondary N) is 1. The second-order valence-corrected chi connectivity index (χ2v) is 6.41. The van der Waals surface area contributed by atoms with Crippen molar-refractivity contribution in [3.8, 4) is 0 Å². The summed E-state index contributed by atoms with van der Waals surface area (Å²) in [7, 11) is 0. The van der Waals surface area contributed by atoms with E-state index < -0.39 is 0 Å². The van der Waals surface area contributed by atoms with Crippen molar-refractivity contribution in [3.63, 3.8) is 0 Å². The molecule has 2 unspecified atom stereocenters. The van der Waals surface area contributed by atoms with E-state index in [2.05, 4.69) is 23.4 Å². The second-order valence-electron chi connectivity index (χ2n) is 6.41. The molecule has 1 N–H and O–H groups in total. The van der Waals surface area contributed by atoms with Crippen LogP contribution in [0.15, 0.2) is 6.20 Å². The third-order valence-corrected chi connectivity index (χ3v) is 4.60. The standard InChI is InChI=1S/C17H27N3O/c1-2-7-18-11-13-5-6-16-14(9-13)12-19-17(20-16)10-15-4-3-8-21-15/h12-13,15,18H,2-11H2,1H3. The van der Waals surface area contributed by atoms with Crippen LogP contribution < -0.4 is 5.32 Å². The van der Waals surface area contributed by atoms with Gasteiger partial charge < -0.3 is 10.1 Å². The minimum Gasteiger partial charge on any atom is -0.378 e. The fraction of sp³-hybridized carbons (Fsp3) is 0.765. The SMILES string of the molecule is CCCNCC1CCc2nc(CC3CCCO3)ncc2C1. The number of hydrogen-bond donors (Lipinski definition) is 1. The molecule has 1 saturated heterocycles. The number of aryl methyl sites for hydroxylation is 1. The van der Waals surface area contributed by atoms with E-state index in [0.29, 0.717) is 6.10 Å². The van der Waals surface area contributed by atoms with E-state index in [4.69, 9.17) is 9.72 Å². The zero-order chi connectivity index (χ0) is 14.5. The molecule has 1 aliphatic heterocycles. The molecule has 0 bridgehead atoms. The molecule has 2 aliphatic rings. The number of rotatable bonds is 6. The van der Waals surface area contributed by atoms with Crippen molar-refractivity contribution in [1.29, 1.82) is 0 Å². The topological polar surface area (TPSA) is 47.0 Å². The second kappa shape index (κ2) is 7.32. The van der Waals surface area contributed by atoms with Gasteiger partial charge in [-0.25, -0.2) is 9.97 Å². The van der Waals surface area contributed by atoms with E-state index in [9.17, 15) is 0 Å². The van der Waals surface area contributed by atoms with Gasteiger partial charge in [0, 0.05) is 24.9 Å². The smallest absolute Gasteiger partial charge is 0.131 e. The van der Waals surface area contributed by atoms with Crippen LogP contribution in [0.4, 0.5) is 0 Å². The Morgan fingerprint density at radius 3 is 3.14 bits per heavy atom. The Labute approximate surface area is 127 Å². The Kier molecular flexibility index (Phi) is 5.20. The highest BCUT2D eigenvalue weighted by molar-refractivity contribution is 5.21. The van der Waals surface area contributed by atoms with Crippen molar-refractivity contribution in [1.82, 2.24) is 15.3 Å². The summed E-state index contributed by atoms with van der Waals surface area (Å²) in [5, 5.41) is 3.54. The van der Waals surface area contributed by atoms with Gasteiger partial charge >= 0.3 is 0 Å². The summed E-state index contributed by atoms with van der Waals surface area (Å²) in [5.74, 6) is 1.72. The summed E-state index contributed by atoms with van der Waals surface area (Å²) in [6.07, 6.45) is 10.3. The lowest BCUT2D eigenvalue weighted by Gasteiger charge is -2.24. The Morgan fingerprint density at radius 2 is 2.33 bits per heavy atom. The molecular formula is C17H27N3O. The largest absolute Gasteiger partial charge is 0.378 e. The summed E-state index contributed by atoms with van der Waals surface area (Å²) in [5.41, 5.74) is 2.64. The maximum absolute atomic E-state index is 5.68. The van der Waals surface area contributed by atoms with E-state index in [1.54, 1.807) is 0 Å². The van der Waals surface area contributed by atoms with Crippen molar-refractivity contribution in [3.05, 3.63) is 23.3 Å². The van der Waals surface area contributed by atoms with E-state index in [-0.39, 0.29) is 0 Å². The van der Waals surface area contributed by atoms with Gasteiger partial charge in [-0.3, -0.25) is 0 Å². The highest BCUT2D eigenvalue weighted by Crippen LogP contribution is 2.24. The molecule has 1 aromatic heterocycles. The third kappa shape index (κ3) is 4.01. The van der Waals surface area contributed by atoms with Crippen molar-refractivity contribution in [2.75, 3.05) is 19.7 Å². The minimum absolute atomic E-state index is 0.345. The zero-order valence-corrected chi connectivity index (χ0v) is 13.1. The lowest BCUT2D eigenvalue weighted by Crippen LogP contribution is -2.28. The molecule has 1 fully saturated rings. The average molecular weight is 289 g/mol. The molecule has 0 amide bonds. The van der Waals surface area contributed by atoms with Gasteiger partial charge in [-0.15, -0.1) is 0 Å². The number of ether oxygens (including phenoxy) is 1. The van der Waals surface area contributed by atoms with Crippen LogP contribution in [0, 0.1) is 5.92 Å². The van der Waals surface area contributed by atoms with Gasteiger partial charge in [-0.05, 0) is 63.1 Å². The van der Waals surface area contributed by atoms with Gasteiger partial charge in [0.2, 0.25) is 0 Å². The van der Waals surface area contributed by atoms with Crippen molar-refractivity contribution in [2.24, 2.45) is 5.92 Å². The van der Waals surface area contributed by atoms with Crippen LogP contribution in [0.1, 0.15) is 49.7 Å². The maximum Gasteiger partial charge on any atom is 0.131 e. The highest BCUT2D eigenvalue weighted by Gasteiger charge is 2.22. The first-order valence-corrected chi connectivity index (χ1v) is 8.51. The Morgan fingerprint density at radius 1 is 1.38 bits per heavy atom. The normalized spacial score (nSPS) is 25.0. The van der Waals surface area contributed by atoms with Crippen molar-refractivity contribution in [2.45, 2.75) is 58.0 Å². The van der Waals surface area contributed by atoms with Gasteiger partial charge in [0.05, 0.1) is 6.10 Å². The summed E-state index contributed by atoms with van der Waals surface area (Å²) in [6.45, 7) is 5.37. The first-order chi connectivity index (χ1) is 10.3. The van der Waals surface area contributed by atoms with Gasteiger partial charge in [-0.1, -0.05) is 6.92 Å². The minimum atomic E-state index is 0.345. The number of hydrogen-bond acceptors (Lipinski definition) is 4. The van der Waals surface area contributed by atoms with Crippen LogP contribution in [0.25, 0.3) is 0 Å². The van der Waals surface area contributed by atoms with Crippen LogP contribution in [0.5, 0.6) is 0 Å². The lowest BCUT2D eigenvalue weighted by molar-refractivity contribution is 0.110. The molecular weight excluding hydrogens is 262 g/mol. The summed E-state index contributed by atoms with van der Waals surface area (Å²) in [6, 6.07) is 0. The first-order valence-electron chi connectivity index (χ1n) is 8.51. The Bertz CT molecular complexity index is 457. The third-order valence-electron chi connectivity index (χ3n) is 4.60. The molecule has 4 heteroatoms. The first kappa shape index (κ1) is 14.9. The molecule has 2 heterocycles. The van der Waals surface area contributed by atoms with Gasteiger partial charge in [0.15, 0.2) is 0 Å². The molecule has 4 nitrogen and oxygen atoms in total. The van der Waals surface area contributed by atoms with E-state index in [1.807, 2.05) is 0 Å². The highest BCUT2D eigenvalue weighted by atomic mass is 16.5. The monoisotopic (exact) mass is 289 g/mol. The fourth-order valence-electron chi connectivity index (χ4n) is 3.39. The van der Waals surface area contributed by atoms with Crippen molar-refractivity contribution < 1.29 is 4.74 Å². The Balaban J connectivity index is 1.57. The van der Waals surface area contributed by atoms with E-state index in [0.717, 1.165) is 57.1 Å². The predicted molar refractivity (Wildman–Crippen MR) is 83.4 cm³/mol. The zero-order valence-electron chi connectivity index (χ0n) is 13.1. The van der Waals surface area contributed by atoms with Crippen LogP contribution in [0.3, 0.4) is 0 Å². The van der Waals surface area contributed by atoms with Gasteiger partial charge in [0.25, 0.3) is 0 Å². The maximum atomic E-state index is 5.68. The molecule has 21 heavy (non-hydrogen) atoms. The molecule has 0 aromatic carbocycles. The molecule has 3 rings (SSSR count). The quantitative estimate of drug-likeness (QED) is 0.816. The molecule has 1 aromatic rings. The molecule has 2 atom stereocenters. The summed E-state index contributed by atoms with van der Waals surface area (Å²) in [4.78, 5) is 9.37. The van der Waals surface area contributed by atoms with Crippen LogP contribution >= 0.6 is 0 Å². The van der Waals surface area contributed by atoms with E-state index in [1.165, 1.54) is 30.5 Å². The average Bonchev–Trinajstić information content (AvgIpc) is 3.00. The molecule has 1 aliphatic carbocycles. The van der Waals surface area contributed by atoms with Gasteiger partial charge in [-0.2, -0.15) is 0 Å². The van der Waals surface area contributed by atoms with Crippen LogP contribution in [-0.4, -0.2) is 35.8 Å². The molecule has 0 spiro atoms. The Hall–Kier alpha value is -1.00. The molecule has 0 radical (unpaired) electrons. The molecule has 116 valence electrons. The van der Waals surface area contributed by atoms with Gasteiger partial charge in [0.1, 0.15) is 5.82 Å². The van der Waals surface area contributed by atoms with Crippen LogP contribution in [0.2, 0.25) is 0 Å². The van der Waals surface area contributed by atoms with Crippen molar-refractivity contribution >= 4 is 0 Å². The number of nitrogens with zero attached hydrogens (tertiary/aromatic N) is 2. The lowest BCUT2D eigenvalue weighted by atomic mass is 9.87. The van der Waals surface area contributed by atoms with Crippen LogP contribution in [-0.2, 0) is 24.0 Å². The molecule has 0 saturated carbocycles.